The summed E-state index contributed by atoms with van der Waals surface area (Å²) in [5.74, 6) is -0.919. The van der Waals surface area contributed by atoms with E-state index in [-0.39, 0.29) is 17.3 Å². The molecule has 0 aromatic carbocycles. The highest BCUT2D eigenvalue weighted by atomic mass is 35.5. The number of aliphatic hydroxyl groups is 1. The Bertz CT molecular complexity index is 264. The van der Waals surface area contributed by atoms with Gasteiger partial charge in [-0.15, -0.1) is 11.6 Å². The standard InChI is InChI=1S/C12H22ClNO4/c1-17-4-3-14-7-8-5-9(13)6-10(11(8)15)12(16)18-2/h8-11,14-15H,3-7H2,1-2H3. The van der Waals surface area contributed by atoms with Crippen molar-refractivity contribution in [2.75, 3.05) is 33.9 Å². The van der Waals surface area contributed by atoms with Gasteiger partial charge in [-0.2, -0.15) is 0 Å². The van der Waals surface area contributed by atoms with Gasteiger partial charge in [0, 0.05) is 25.6 Å². The van der Waals surface area contributed by atoms with E-state index in [0.29, 0.717) is 26.0 Å². The number of hydrogen-bond donors (Lipinski definition) is 2. The molecular weight excluding hydrogens is 258 g/mol. The van der Waals surface area contributed by atoms with Crippen LogP contribution in [0.1, 0.15) is 12.8 Å². The number of carbonyl (C=O) groups is 1. The Morgan fingerprint density at radius 1 is 1.44 bits per heavy atom. The third-order valence-corrected chi connectivity index (χ3v) is 3.71. The number of methoxy groups -OCH3 is 2. The first-order valence-corrected chi connectivity index (χ1v) is 6.63. The van der Waals surface area contributed by atoms with Crippen LogP contribution in [-0.2, 0) is 14.3 Å². The molecule has 0 radical (unpaired) electrons. The zero-order chi connectivity index (χ0) is 13.5. The van der Waals surface area contributed by atoms with E-state index < -0.39 is 12.0 Å². The molecular formula is C12H22ClNO4. The van der Waals surface area contributed by atoms with Crippen LogP contribution in [0.5, 0.6) is 0 Å². The van der Waals surface area contributed by atoms with Crippen molar-refractivity contribution in [3.8, 4) is 0 Å². The molecule has 0 aromatic rings. The maximum atomic E-state index is 11.6. The first kappa shape index (κ1) is 15.7. The van der Waals surface area contributed by atoms with Gasteiger partial charge in [-0.3, -0.25) is 4.79 Å². The number of alkyl halides is 1. The van der Waals surface area contributed by atoms with Gasteiger partial charge >= 0.3 is 5.97 Å². The van der Waals surface area contributed by atoms with Crippen molar-refractivity contribution in [1.82, 2.24) is 5.32 Å². The molecule has 6 heteroatoms. The third-order valence-electron chi connectivity index (χ3n) is 3.36. The molecule has 1 aliphatic carbocycles. The zero-order valence-electron chi connectivity index (χ0n) is 10.9. The summed E-state index contributed by atoms with van der Waals surface area (Å²) in [5, 5.41) is 13.3. The summed E-state index contributed by atoms with van der Waals surface area (Å²) in [6, 6.07) is 0. The number of esters is 1. The molecule has 1 fully saturated rings. The highest BCUT2D eigenvalue weighted by Gasteiger charge is 2.40. The molecule has 0 amide bonds. The van der Waals surface area contributed by atoms with Crippen LogP contribution < -0.4 is 5.32 Å². The predicted octanol–water partition coefficient (Wildman–Crippen LogP) is 0.390. The Morgan fingerprint density at radius 2 is 2.17 bits per heavy atom. The van der Waals surface area contributed by atoms with E-state index in [4.69, 9.17) is 21.1 Å². The number of hydrogen-bond acceptors (Lipinski definition) is 5. The van der Waals surface area contributed by atoms with Crippen molar-refractivity contribution in [2.45, 2.75) is 24.3 Å². The quantitative estimate of drug-likeness (QED) is 0.418. The Hall–Kier alpha value is -0.360. The van der Waals surface area contributed by atoms with Crippen LogP contribution in [-0.4, -0.2) is 56.5 Å². The molecule has 1 saturated carbocycles. The second kappa shape index (κ2) is 7.94. The summed E-state index contributed by atoms with van der Waals surface area (Å²) in [6.07, 6.45) is 0.489. The molecule has 1 aliphatic rings. The van der Waals surface area contributed by atoms with Crippen LogP contribution in [0.25, 0.3) is 0 Å². The fourth-order valence-corrected chi connectivity index (χ4v) is 2.78. The number of nitrogens with one attached hydrogen (secondary N) is 1. The van der Waals surface area contributed by atoms with E-state index >= 15 is 0 Å². The van der Waals surface area contributed by atoms with Gasteiger partial charge in [0.2, 0.25) is 0 Å². The van der Waals surface area contributed by atoms with Crippen molar-refractivity contribution >= 4 is 17.6 Å². The largest absolute Gasteiger partial charge is 0.469 e. The molecule has 0 bridgehead atoms. The topological polar surface area (TPSA) is 67.8 Å². The highest BCUT2D eigenvalue weighted by Crippen LogP contribution is 2.33. The molecule has 0 spiro atoms. The molecule has 106 valence electrons. The number of rotatable bonds is 6. The summed E-state index contributed by atoms with van der Waals surface area (Å²) in [5.41, 5.74) is 0. The van der Waals surface area contributed by atoms with E-state index in [1.807, 2.05) is 0 Å². The number of aliphatic hydroxyl groups excluding tert-OH is 1. The lowest BCUT2D eigenvalue weighted by molar-refractivity contribution is -0.153. The summed E-state index contributed by atoms with van der Waals surface area (Å²) in [7, 11) is 2.97. The summed E-state index contributed by atoms with van der Waals surface area (Å²) < 4.78 is 9.63. The van der Waals surface area contributed by atoms with Gasteiger partial charge < -0.3 is 19.9 Å². The van der Waals surface area contributed by atoms with Crippen LogP contribution in [0.3, 0.4) is 0 Å². The Kier molecular flexibility index (Phi) is 6.92. The van der Waals surface area contributed by atoms with Crippen molar-refractivity contribution in [1.29, 1.82) is 0 Å². The average molecular weight is 280 g/mol. The fourth-order valence-electron chi connectivity index (χ4n) is 2.36. The van der Waals surface area contributed by atoms with Gasteiger partial charge in [-0.1, -0.05) is 0 Å². The van der Waals surface area contributed by atoms with Crippen LogP contribution >= 0.6 is 11.6 Å². The van der Waals surface area contributed by atoms with E-state index in [2.05, 4.69) is 5.32 Å². The minimum Gasteiger partial charge on any atom is -0.469 e. The zero-order valence-corrected chi connectivity index (χ0v) is 11.7. The number of halogens is 1. The molecule has 2 N–H and O–H groups in total. The van der Waals surface area contributed by atoms with Crippen LogP contribution in [0.4, 0.5) is 0 Å². The van der Waals surface area contributed by atoms with Crippen molar-refractivity contribution in [3.05, 3.63) is 0 Å². The Labute approximate surface area is 113 Å². The average Bonchev–Trinajstić information content (AvgIpc) is 2.37. The molecule has 5 nitrogen and oxygen atoms in total. The SMILES string of the molecule is COCCNCC1CC(Cl)CC(C(=O)OC)C1O. The molecule has 18 heavy (non-hydrogen) atoms. The number of carbonyl (C=O) groups excluding carboxylic acids is 1. The lowest BCUT2D eigenvalue weighted by atomic mass is 9.78. The van der Waals surface area contributed by atoms with Gasteiger partial charge in [0.05, 0.1) is 25.7 Å². The van der Waals surface area contributed by atoms with Gasteiger partial charge in [0.1, 0.15) is 0 Å². The first-order valence-electron chi connectivity index (χ1n) is 6.19. The first-order chi connectivity index (χ1) is 8.60. The molecule has 4 unspecified atom stereocenters. The lowest BCUT2D eigenvalue weighted by Gasteiger charge is -2.35. The van der Waals surface area contributed by atoms with E-state index in [0.717, 1.165) is 6.54 Å². The van der Waals surface area contributed by atoms with Crippen molar-refractivity contribution in [2.24, 2.45) is 11.8 Å². The highest BCUT2D eigenvalue weighted by molar-refractivity contribution is 6.20. The molecule has 0 saturated heterocycles. The molecule has 0 aliphatic heterocycles. The smallest absolute Gasteiger partial charge is 0.311 e. The van der Waals surface area contributed by atoms with Crippen LogP contribution in [0.2, 0.25) is 0 Å². The summed E-state index contributed by atoms with van der Waals surface area (Å²) >= 11 is 6.14. The second-order valence-electron chi connectivity index (χ2n) is 4.65. The van der Waals surface area contributed by atoms with Crippen LogP contribution in [0, 0.1) is 11.8 Å². The Balaban J connectivity index is 2.48. The predicted molar refractivity (Wildman–Crippen MR) is 68.6 cm³/mol. The van der Waals surface area contributed by atoms with E-state index in [9.17, 15) is 9.90 Å². The van der Waals surface area contributed by atoms with Gasteiger partial charge in [-0.05, 0) is 18.8 Å². The Morgan fingerprint density at radius 3 is 2.78 bits per heavy atom. The normalized spacial score (nSPS) is 32.2. The molecule has 1 rings (SSSR count). The molecule has 0 aromatic heterocycles. The molecule has 4 atom stereocenters. The minimum atomic E-state index is -0.692. The number of ether oxygens (including phenoxy) is 2. The minimum absolute atomic E-state index is 0.0257. The fraction of sp³-hybridized carbons (Fsp3) is 0.917. The third kappa shape index (κ3) is 4.39. The van der Waals surface area contributed by atoms with Gasteiger partial charge in [-0.25, -0.2) is 0 Å². The maximum absolute atomic E-state index is 11.6. The summed E-state index contributed by atoms with van der Waals surface area (Å²) in [4.78, 5) is 11.6. The van der Waals surface area contributed by atoms with Crippen molar-refractivity contribution in [3.63, 3.8) is 0 Å². The van der Waals surface area contributed by atoms with E-state index in [1.54, 1.807) is 7.11 Å². The van der Waals surface area contributed by atoms with Crippen molar-refractivity contribution < 1.29 is 19.4 Å². The van der Waals surface area contributed by atoms with Gasteiger partial charge in [0.15, 0.2) is 0 Å². The second-order valence-corrected chi connectivity index (χ2v) is 5.26. The summed E-state index contributed by atoms with van der Waals surface area (Å²) in [6.45, 7) is 1.96. The monoisotopic (exact) mass is 279 g/mol. The van der Waals surface area contributed by atoms with E-state index in [1.165, 1.54) is 7.11 Å². The van der Waals surface area contributed by atoms with Crippen LogP contribution in [0.15, 0.2) is 0 Å². The van der Waals surface area contributed by atoms with Gasteiger partial charge in [0.25, 0.3) is 0 Å². The lowest BCUT2D eigenvalue weighted by Crippen LogP contribution is -2.46. The maximum Gasteiger partial charge on any atom is 0.311 e. The molecule has 0 heterocycles.